The van der Waals surface area contributed by atoms with E-state index >= 15 is 0 Å². The van der Waals surface area contributed by atoms with E-state index in [0.717, 1.165) is 24.9 Å². The Labute approximate surface area is 95.2 Å². The average molecular weight is 212 g/mol. The summed E-state index contributed by atoms with van der Waals surface area (Å²) in [4.78, 5) is 2.64. The van der Waals surface area contributed by atoms with Crippen LogP contribution in [-0.4, -0.2) is 30.6 Å². The third-order valence-corrected chi connectivity index (χ3v) is 3.97. The summed E-state index contributed by atoms with van der Waals surface area (Å²) in [6, 6.07) is 0.851. The Morgan fingerprint density at radius 1 is 1.13 bits per heavy atom. The molecule has 0 atom stereocenters. The molecule has 0 aromatic carbocycles. The van der Waals surface area contributed by atoms with Gasteiger partial charge < -0.3 is 10.6 Å². The van der Waals surface area contributed by atoms with Gasteiger partial charge in [0.25, 0.3) is 0 Å². The van der Waals surface area contributed by atoms with Gasteiger partial charge in [-0.1, -0.05) is 20.3 Å². The third kappa shape index (κ3) is 4.12. The van der Waals surface area contributed by atoms with E-state index in [1.165, 1.54) is 45.2 Å². The summed E-state index contributed by atoms with van der Waals surface area (Å²) < 4.78 is 0. The van der Waals surface area contributed by atoms with E-state index in [2.05, 4.69) is 18.7 Å². The Kier molecular flexibility index (Phi) is 6.26. The van der Waals surface area contributed by atoms with Crippen molar-refractivity contribution in [1.29, 1.82) is 0 Å². The molecule has 0 unspecified atom stereocenters. The van der Waals surface area contributed by atoms with Gasteiger partial charge in [0.2, 0.25) is 0 Å². The summed E-state index contributed by atoms with van der Waals surface area (Å²) in [6.45, 7) is 7.84. The van der Waals surface area contributed by atoms with Crippen molar-refractivity contribution < 1.29 is 0 Å². The van der Waals surface area contributed by atoms with E-state index in [9.17, 15) is 0 Å². The number of nitrogens with zero attached hydrogens (tertiary/aromatic N) is 1. The second-order valence-electron chi connectivity index (χ2n) is 4.85. The summed E-state index contributed by atoms with van der Waals surface area (Å²) in [5, 5.41) is 0. The monoisotopic (exact) mass is 212 g/mol. The molecule has 2 N–H and O–H groups in total. The largest absolute Gasteiger partial charge is 0.330 e. The first-order chi connectivity index (χ1) is 7.31. The smallest absolute Gasteiger partial charge is 0.00953 e. The van der Waals surface area contributed by atoms with Crippen molar-refractivity contribution in [1.82, 2.24) is 4.90 Å². The highest BCUT2D eigenvalue weighted by Crippen LogP contribution is 2.29. The molecule has 0 amide bonds. The maximum Gasteiger partial charge on any atom is 0.00953 e. The minimum Gasteiger partial charge on any atom is -0.330 e. The molecule has 0 radical (unpaired) electrons. The molecule has 1 aliphatic carbocycles. The topological polar surface area (TPSA) is 29.3 Å². The van der Waals surface area contributed by atoms with Crippen LogP contribution in [0.5, 0.6) is 0 Å². The highest BCUT2D eigenvalue weighted by atomic mass is 15.1. The quantitative estimate of drug-likeness (QED) is 0.733. The van der Waals surface area contributed by atoms with Crippen LogP contribution in [-0.2, 0) is 0 Å². The molecular weight excluding hydrogens is 184 g/mol. The molecule has 2 nitrogen and oxygen atoms in total. The molecule has 0 spiro atoms. The fourth-order valence-electron chi connectivity index (χ4n) is 2.81. The molecule has 15 heavy (non-hydrogen) atoms. The van der Waals surface area contributed by atoms with Crippen LogP contribution in [0, 0.1) is 5.92 Å². The van der Waals surface area contributed by atoms with E-state index in [1.54, 1.807) is 0 Å². The maximum atomic E-state index is 5.58. The second-order valence-corrected chi connectivity index (χ2v) is 4.85. The lowest BCUT2D eigenvalue weighted by Crippen LogP contribution is -2.39. The van der Waals surface area contributed by atoms with Gasteiger partial charge in [0.05, 0.1) is 0 Å². The van der Waals surface area contributed by atoms with E-state index in [-0.39, 0.29) is 0 Å². The number of hydrogen-bond donors (Lipinski definition) is 1. The molecule has 0 aromatic rings. The first-order valence-electron chi connectivity index (χ1n) is 6.75. The molecule has 0 aromatic heterocycles. The molecule has 1 aliphatic rings. The third-order valence-electron chi connectivity index (χ3n) is 3.97. The van der Waals surface area contributed by atoms with Crippen molar-refractivity contribution in [2.45, 2.75) is 58.4 Å². The SMILES string of the molecule is CCC1CCC(N(CC)CCCN)CC1. The average Bonchev–Trinajstić information content (AvgIpc) is 2.31. The van der Waals surface area contributed by atoms with Gasteiger partial charge in [-0.2, -0.15) is 0 Å². The van der Waals surface area contributed by atoms with Crippen molar-refractivity contribution >= 4 is 0 Å². The lowest BCUT2D eigenvalue weighted by molar-refractivity contribution is 0.140. The predicted molar refractivity (Wildman–Crippen MR) is 67.0 cm³/mol. The van der Waals surface area contributed by atoms with Gasteiger partial charge in [-0.3, -0.25) is 0 Å². The van der Waals surface area contributed by atoms with Gasteiger partial charge in [0, 0.05) is 6.04 Å². The van der Waals surface area contributed by atoms with Crippen LogP contribution in [0.3, 0.4) is 0 Å². The Bertz CT molecular complexity index is 151. The first kappa shape index (κ1) is 13.0. The van der Waals surface area contributed by atoms with E-state index < -0.39 is 0 Å². The van der Waals surface area contributed by atoms with Gasteiger partial charge in [-0.15, -0.1) is 0 Å². The number of hydrogen-bond acceptors (Lipinski definition) is 2. The summed E-state index contributed by atoms with van der Waals surface area (Å²) in [6.07, 6.45) is 8.25. The minimum atomic E-state index is 0.834. The molecular formula is C13H28N2. The van der Waals surface area contributed by atoms with Crippen molar-refractivity contribution in [3.05, 3.63) is 0 Å². The van der Waals surface area contributed by atoms with Gasteiger partial charge in [0.1, 0.15) is 0 Å². The lowest BCUT2D eigenvalue weighted by Gasteiger charge is -2.36. The Morgan fingerprint density at radius 3 is 2.27 bits per heavy atom. The zero-order chi connectivity index (χ0) is 11.1. The van der Waals surface area contributed by atoms with Gasteiger partial charge >= 0.3 is 0 Å². The second kappa shape index (κ2) is 7.24. The van der Waals surface area contributed by atoms with Crippen LogP contribution in [0.25, 0.3) is 0 Å². The Hall–Kier alpha value is -0.0800. The van der Waals surface area contributed by atoms with E-state index in [0.29, 0.717) is 0 Å². The van der Waals surface area contributed by atoms with Crippen molar-refractivity contribution in [3.8, 4) is 0 Å². The molecule has 90 valence electrons. The van der Waals surface area contributed by atoms with Crippen LogP contribution < -0.4 is 5.73 Å². The Morgan fingerprint density at radius 2 is 1.80 bits per heavy atom. The summed E-state index contributed by atoms with van der Waals surface area (Å²) in [5.41, 5.74) is 5.58. The highest BCUT2D eigenvalue weighted by molar-refractivity contribution is 4.78. The lowest BCUT2D eigenvalue weighted by atomic mass is 9.84. The molecule has 1 saturated carbocycles. The molecule has 0 saturated heterocycles. The van der Waals surface area contributed by atoms with Crippen LogP contribution >= 0.6 is 0 Å². The molecule has 0 bridgehead atoms. The molecule has 1 rings (SSSR count). The first-order valence-corrected chi connectivity index (χ1v) is 6.75. The fraction of sp³-hybridized carbons (Fsp3) is 1.00. The molecule has 2 heteroatoms. The summed E-state index contributed by atoms with van der Waals surface area (Å²) in [7, 11) is 0. The zero-order valence-electron chi connectivity index (χ0n) is 10.5. The molecule has 0 heterocycles. The fourth-order valence-corrected chi connectivity index (χ4v) is 2.81. The summed E-state index contributed by atoms with van der Waals surface area (Å²) in [5.74, 6) is 1.01. The standard InChI is InChI=1S/C13H28N2/c1-3-12-6-8-13(9-7-12)15(4-2)11-5-10-14/h12-13H,3-11,14H2,1-2H3. The van der Waals surface area contributed by atoms with Crippen molar-refractivity contribution in [2.24, 2.45) is 11.7 Å². The van der Waals surface area contributed by atoms with Crippen molar-refractivity contribution in [3.63, 3.8) is 0 Å². The van der Waals surface area contributed by atoms with Gasteiger partial charge in [-0.25, -0.2) is 0 Å². The van der Waals surface area contributed by atoms with E-state index in [1.807, 2.05) is 0 Å². The normalized spacial score (nSPS) is 27.2. The minimum absolute atomic E-state index is 0.834. The van der Waals surface area contributed by atoms with Crippen LogP contribution in [0.2, 0.25) is 0 Å². The van der Waals surface area contributed by atoms with Gasteiger partial charge in [0.15, 0.2) is 0 Å². The van der Waals surface area contributed by atoms with Crippen LogP contribution in [0.4, 0.5) is 0 Å². The summed E-state index contributed by atoms with van der Waals surface area (Å²) >= 11 is 0. The number of nitrogens with two attached hydrogens (primary N) is 1. The molecule has 1 fully saturated rings. The van der Waals surface area contributed by atoms with Crippen LogP contribution in [0.1, 0.15) is 52.4 Å². The van der Waals surface area contributed by atoms with E-state index in [4.69, 9.17) is 5.73 Å². The Balaban J connectivity index is 2.29. The van der Waals surface area contributed by atoms with Crippen molar-refractivity contribution in [2.75, 3.05) is 19.6 Å². The molecule has 0 aliphatic heterocycles. The van der Waals surface area contributed by atoms with Crippen LogP contribution in [0.15, 0.2) is 0 Å². The zero-order valence-corrected chi connectivity index (χ0v) is 10.5. The highest BCUT2D eigenvalue weighted by Gasteiger charge is 2.23. The van der Waals surface area contributed by atoms with Gasteiger partial charge in [-0.05, 0) is 57.7 Å². The maximum absolute atomic E-state index is 5.58. The number of rotatable bonds is 6. The predicted octanol–water partition coefficient (Wildman–Crippen LogP) is 2.63.